The molecule has 1 N–H and O–H groups in total. The highest BCUT2D eigenvalue weighted by atomic mass is 16.2. The lowest BCUT2D eigenvalue weighted by atomic mass is 9.88. The Bertz CT molecular complexity index is 954. The summed E-state index contributed by atoms with van der Waals surface area (Å²) in [5, 5.41) is 4.73. The van der Waals surface area contributed by atoms with Gasteiger partial charge in [0.05, 0.1) is 0 Å². The number of nitrogens with zero attached hydrogens (tertiary/aromatic N) is 2. The van der Waals surface area contributed by atoms with E-state index in [2.05, 4.69) is 5.32 Å². The van der Waals surface area contributed by atoms with Crippen molar-refractivity contribution >= 4 is 28.6 Å². The largest absolute Gasteiger partial charge is 0.341 e. The van der Waals surface area contributed by atoms with Crippen LogP contribution >= 0.6 is 0 Å². The van der Waals surface area contributed by atoms with Crippen LogP contribution in [0.5, 0.6) is 0 Å². The minimum atomic E-state index is -1.21. The maximum atomic E-state index is 13.4. The third-order valence-electron chi connectivity index (χ3n) is 5.42. The average molecular weight is 410 g/mol. The van der Waals surface area contributed by atoms with Gasteiger partial charge in [-0.2, -0.15) is 0 Å². The Morgan fingerprint density at radius 3 is 2.23 bits per heavy atom. The van der Waals surface area contributed by atoms with Crippen LogP contribution in [0, 0.1) is 11.8 Å². The summed E-state index contributed by atoms with van der Waals surface area (Å²) in [6.45, 7) is 10.8. The van der Waals surface area contributed by atoms with Crippen LogP contribution in [0.15, 0.2) is 42.5 Å². The molecule has 2 aromatic carbocycles. The maximum absolute atomic E-state index is 13.4. The van der Waals surface area contributed by atoms with Crippen molar-refractivity contribution in [1.82, 2.24) is 15.1 Å². The fourth-order valence-electron chi connectivity index (χ4n) is 4.08. The smallest absolute Gasteiger partial charge is 0.325 e. The Labute approximate surface area is 178 Å². The highest BCUT2D eigenvalue weighted by Crippen LogP contribution is 2.33. The molecule has 0 saturated carbocycles. The lowest BCUT2D eigenvalue weighted by Gasteiger charge is -2.28. The molecule has 1 aliphatic heterocycles. The van der Waals surface area contributed by atoms with Crippen LogP contribution in [0.2, 0.25) is 0 Å². The number of benzene rings is 2. The predicted octanol–water partition coefficient (Wildman–Crippen LogP) is 3.75. The first kappa shape index (κ1) is 21.8. The molecule has 2 aromatic rings. The van der Waals surface area contributed by atoms with Gasteiger partial charge in [0.2, 0.25) is 5.91 Å². The van der Waals surface area contributed by atoms with Crippen molar-refractivity contribution in [3.63, 3.8) is 0 Å². The normalized spacial score (nSPS) is 19.1. The molecule has 1 aliphatic rings. The molecular formula is C24H31N3O3. The molecule has 4 amide bonds. The van der Waals surface area contributed by atoms with Gasteiger partial charge in [-0.25, -0.2) is 4.79 Å². The summed E-state index contributed by atoms with van der Waals surface area (Å²) < 4.78 is 0. The van der Waals surface area contributed by atoms with Gasteiger partial charge in [-0.15, -0.1) is 0 Å². The summed E-state index contributed by atoms with van der Waals surface area (Å²) in [4.78, 5) is 41.9. The van der Waals surface area contributed by atoms with E-state index in [9.17, 15) is 14.4 Å². The Morgan fingerprint density at radius 2 is 1.60 bits per heavy atom. The number of carbonyl (C=O) groups excluding carboxylic acids is 3. The number of hydrogen-bond donors (Lipinski definition) is 1. The molecule has 1 fully saturated rings. The Balaban J connectivity index is 1.87. The van der Waals surface area contributed by atoms with Crippen molar-refractivity contribution < 1.29 is 14.4 Å². The van der Waals surface area contributed by atoms with Gasteiger partial charge >= 0.3 is 6.03 Å². The number of carbonyl (C=O) groups is 3. The van der Waals surface area contributed by atoms with Crippen LogP contribution in [-0.2, 0) is 15.1 Å². The molecule has 1 atom stereocenters. The summed E-state index contributed by atoms with van der Waals surface area (Å²) in [7, 11) is 0. The molecule has 6 nitrogen and oxygen atoms in total. The third-order valence-corrected chi connectivity index (χ3v) is 5.42. The molecule has 0 spiro atoms. The van der Waals surface area contributed by atoms with E-state index in [1.54, 1.807) is 11.8 Å². The van der Waals surface area contributed by atoms with Gasteiger partial charge in [-0.3, -0.25) is 14.5 Å². The molecule has 0 aliphatic carbocycles. The van der Waals surface area contributed by atoms with Gasteiger partial charge in [-0.05, 0) is 35.1 Å². The van der Waals surface area contributed by atoms with Crippen LogP contribution in [0.25, 0.3) is 10.8 Å². The summed E-state index contributed by atoms with van der Waals surface area (Å²) in [5.74, 6) is 0.00262. The number of imide groups is 1. The quantitative estimate of drug-likeness (QED) is 0.708. The van der Waals surface area contributed by atoms with Crippen LogP contribution in [0.3, 0.4) is 0 Å². The van der Waals surface area contributed by atoms with E-state index in [1.165, 1.54) is 0 Å². The van der Waals surface area contributed by atoms with Crippen LogP contribution in [-0.4, -0.2) is 47.3 Å². The first-order valence-electron chi connectivity index (χ1n) is 10.5. The molecule has 1 heterocycles. The van der Waals surface area contributed by atoms with Gasteiger partial charge in [0.1, 0.15) is 12.1 Å². The summed E-state index contributed by atoms with van der Waals surface area (Å²) in [6.07, 6.45) is 0. The molecule has 0 unspecified atom stereocenters. The second kappa shape index (κ2) is 8.46. The predicted molar refractivity (Wildman–Crippen MR) is 118 cm³/mol. The van der Waals surface area contributed by atoms with Crippen molar-refractivity contribution in [2.45, 2.75) is 40.2 Å². The summed E-state index contributed by atoms with van der Waals surface area (Å²) >= 11 is 0. The minimum Gasteiger partial charge on any atom is -0.341 e. The number of nitrogens with one attached hydrogen (secondary N) is 1. The second-order valence-corrected chi connectivity index (χ2v) is 9.06. The van der Waals surface area contributed by atoms with Crippen molar-refractivity contribution in [3.8, 4) is 0 Å². The van der Waals surface area contributed by atoms with E-state index in [1.807, 2.05) is 70.2 Å². The SMILES string of the molecule is CC(C)CN(CC(C)C)C(=O)CN1C(=O)N[C@](C)(c2cccc3ccccc23)C1=O. The van der Waals surface area contributed by atoms with Crippen molar-refractivity contribution in [2.75, 3.05) is 19.6 Å². The third kappa shape index (κ3) is 4.18. The van der Waals surface area contributed by atoms with Gasteiger partial charge in [0, 0.05) is 13.1 Å². The van der Waals surface area contributed by atoms with E-state index in [0.717, 1.165) is 21.2 Å². The van der Waals surface area contributed by atoms with E-state index in [-0.39, 0.29) is 12.5 Å². The highest BCUT2D eigenvalue weighted by Gasteiger charge is 2.50. The van der Waals surface area contributed by atoms with E-state index >= 15 is 0 Å². The van der Waals surface area contributed by atoms with Gasteiger partial charge in [-0.1, -0.05) is 70.2 Å². The number of rotatable bonds is 7. The number of amides is 4. The first-order chi connectivity index (χ1) is 14.1. The fraction of sp³-hybridized carbons (Fsp3) is 0.458. The summed E-state index contributed by atoms with van der Waals surface area (Å²) in [5.41, 5.74) is -0.478. The molecular weight excluding hydrogens is 378 g/mol. The molecule has 0 bridgehead atoms. The maximum Gasteiger partial charge on any atom is 0.325 e. The molecule has 6 heteroatoms. The van der Waals surface area contributed by atoms with Crippen LogP contribution in [0.4, 0.5) is 4.79 Å². The molecule has 160 valence electrons. The number of fused-ring (bicyclic) bond motifs is 1. The molecule has 0 aromatic heterocycles. The van der Waals surface area contributed by atoms with Crippen molar-refractivity contribution in [3.05, 3.63) is 48.0 Å². The minimum absolute atomic E-state index is 0.205. The molecule has 1 saturated heterocycles. The van der Waals surface area contributed by atoms with Gasteiger partial charge < -0.3 is 10.2 Å². The van der Waals surface area contributed by atoms with Crippen molar-refractivity contribution in [2.24, 2.45) is 11.8 Å². The van der Waals surface area contributed by atoms with E-state index in [0.29, 0.717) is 24.9 Å². The van der Waals surface area contributed by atoms with Crippen molar-refractivity contribution in [1.29, 1.82) is 0 Å². The topological polar surface area (TPSA) is 69.7 Å². The monoisotopic (exact) mass is 409 g/mol. The zero-order chi connectivity index (χ0) is 22.1. The zero-order valence-corrected chi connectivity index (χ0v) is 18.4. The molecule has 3 rings (SSSR count). The second-order valence-electron chi connectivity index (χ2n) is 9.06. The van der Waals surface area contributed by atoms with Gasteiger partial charge in [0.15, 0.2) is 0 Å². The number of hydrogen-bond acceptors (Lipinski definition) is 3. The Morgan fingerprint density at radius 1 is 1.00 bits per heavy atom. The van der Waals surface area contributed by atoms with Gasteiger partial charge in [0.25, 0.3) is 5.91 Å². The number of urea groups is 1. The summed E-state index contributed by atoms with van der Waals surface area (Å²) in [6, 6.07) is 12.9. The van der Waals surface area contributed by atoms with Crippen LogP contribution in [0.1, 0.15) is 40.2 Å². The van der Waals surface area contributed by atoms with E-state index in [4.69, 9.17) is 0 Å². The Kier molecular flexibility index (Phi) is 6.15. The standard InChI is InChI=1S/C24H31N3O3/c1-16(2)13-26(14-17(3)4)21(28)15-27-22(29)24(5,25-23(27)30)20-12-8-10-18-9-6-7-11-19(18)20/h6-12,16-17H,13-15H2,1-5H3,(H,25,30)/t24-/m1/s1. The van der Waals surface area contributed by atoms with E-state index < -0.39 is 17.5 Å². The Hall–Kier alpha value is -2.89. The molecule has 0 radical (unpaired) electrons. The van der Waals surface area contributed by atoms with Crippen LogP contribution < -0.4 is 5.32 Å². The lowest BCUT2D eigenvalue weighted by Crippen LogP contribution is -2.46. The highest BCUT2D eigenvalue weighted by molar-refractivity contribution is 6.10. The molecule has 30 heavy (non-hydrogen) atoms. The lowest BCUT2D eigenvalue weighted by molar-refractivity contribution is -0.139. The average Bonchev–Trinajstić information content (AvgIpc) is 2.90. The first-order valence-corrected chi connectivity index (χ1v) is 10.5. The zero-order valence-electron chi connectivity index (χ0n) is 18.4. The fourth-order valence-corrected chi connectivity index (χ4v) is 4.08.